The molecular weight excluding hydrogens is 238 g/mol. The highest BCUT2D eigenvalue weighted by molar-refractivity contribution is 5.01. The molecule has 19 heavy (non-hydrogen) atoms. The Morgan fingerprint density at radius 3 is 2.58 bits per heavy atom. The monoisotopic (exact) mass is 263 g/mol. The summed E-state index contributed by atoms with van der Waals surface area (Å²) in [6.07, 6.45) is 7.41. The number of hydrogen-bond donors (Lipinski definition) is 1. The van der Waals surface area contributed by atoms with Crippen molar-refractivity contribution < 1.29 is 4.52 Å². The Hall–Kier alpha value is -0.900. The lowest BCUT2D eigenvalue weighted by Gasteiger charge is -2.29. The molecule has 1 aromatic heterocycles. The first kappa shape index (κ1) is 13.1. The summed E-state index contributed by atoms with van der Waals surface area (Å²) in [5.41, 5.74) is 0. The van der Waals surface area contributed by atoms with Crippen molar-refractivity contribution in [1.29, 1.82) is 0 Å². The fourth-order valence-corrected chi connectivity index (χ4v) is 3.49. The Bertz CT molecular complexity index is 401. The molecule has 2 aliphatic rings. The predicted octanol–water partition coefficient (Wildman–Crippen LogP) is 3.42. The van der Waals surface area contributed by atoms with Crippen LogP contribution >= 0.6 is 0 Å². The molecule has 0 radical (unpaired) electrons. The molecule has 2 heterocycles. The average Bonchev–Trinajstić information content (AvgIpc) is 3.10. The molecule has 1 aliphatic carbocycles. The van der Waals surface area contributed by atoms with Crippen molar-refractivity contribution in [1.82, 2.24) is 15.5 Å². The largest absolute Gasteiger partial charge is 0.338 e. The third kappa shape index (κ3) is 2.83. The number of nitrogens with one attached hydrogen (secondary N) is 1. The minimum atomic E-state index is 0.299. The normalized spacial score (nSPS) is 32.1. The molecule has 0 bridgehead atoms. The van der Waals surface area contributed by atoms with E-state index in [1.165, 1.54) is 32.1 Å². The number of aromatic nitrogens is 2. The molecule has 1 saturated heterocycles. The van der Waals surface area contributed by atoms with Crippen LogP contribution in [-0.4, -0.2) is 16.7 Å². The Morgan fingerprint density at radius 2 is 1.95 bits per heavy atom. The van der Waals surface area contributed by atoms with Gasteiger partial charge < -0.3 is 9.84 Å². The number of rotatable bonds is 3. The smallest absolute Gasteiger partial charge is 0.243 e. The fourth-order valence-electron chi connectivity index (χ4n) is 3.49. The van der Waals surface area contributed by atoms with Crippen LogP contribution in [-0.2, 0) is 0 Å². The second-order valence-corrected chi connectivity index (χ2v) is 6.50. The van der Waals surface area contributed by atoms with E-state index < -0.39 is 0 Å². The second-order valence-electron chi connectivity index (χ2n) is 6.50. The summed E-state index contributed by atoms with van der Waals surface area (Å²) in [6, 6.07) is 0.299. The topological polar surface area (TPSA) is 51.0 Å². The zero-order valence-corrected chi connectivity index (χ0v) is 12.1. The van der Waals surface area contributed by atoms with Gasteiger partial charge >= 0.3 is 0 Å². The van der Waals surface area contributed by atoms with E-state index in [9.17, 15) is 0 Å². The van der Waals surface area contributed by atoms with Crippen LogP contribution < -0.4 is 5.32 Å². The van der Waals surface area contributed by atoms with Gasteiger partial charge in [-0.1, -0.05) is 19.0 Å². The molecule has 1 N–H and O–H groups in total. The van der Waals surface area contributed by atoms with Gasteiger partial charge in [0.05, 0.1) is 6.04 Å². The minimum absolute atomic E-state index is 0.299. The molecule has 106 valence electrons. The fraction of sp³-hybridized carbons (Fsp3) is 0.867. The quantitative estimate of drug-likeness (QED) is 0.907. The Labute approximate surface area is 115 Å². The summed E-state index contributed by atoms with van der Waals surface area (Å²) in [6.45, 7) is 5.74. The van der Waals surface area contributed by atoms with Crippen LogP contribution in [0.1, 0.15) is 76.0 Å². The Balaban J connectivity index is 1.61. The highest BCUT2D eigenvalue weighted by atomic mass is 16.5. The molecule has 1 unspecified atom stereocenters. The van der Waals surface area contributed by atoms with E-state index in [1.54, 1.807) is 0 Å². The summed E-state index contributed by atoms with van der Waals surface area (Å²) in [7, 11) is 0. The summed E-state index contributed by atoms with van der Waals surface area (Å²) < 4.78 is 5.45. The van der Waals surface area contributed by atoms with Gasteiger partial charge in [-0.25, -0.2) is 0 Å². The van der Waals surface area contributed by atoms with Gasteiger partial charge in [0, 0.05) is 5.92 Å². The highest BCUT2D eigenvalue weighted by Crippen LogP contribution is 2.38. The molecule has 4 nitrogen and oxygen atoms in total. The van der Waals surface area contributed by atoms with Gasteiger partial charge in [-0.05, 0) is 56.9 Å². The lowest BCUT2D eigenvalue weighted by Crippen LogP contribution is -2.18. The zero-order chi connectivity index (χ0) is 13.2. The van der Waals surface area contributed by atoms with E-state index in [0.717, 1.165) is 36.5 Å². The molecule has 1 saturated carbocycles. The Morgan fingerprint density at radius 1 is 1.16 bits per heavy atom. The molecule has 1 atom stereocenters. The van der Waals surface area contributed by atoms with Crippen LogP contribution in [0.25, 0.3) is 0 Å². The number of hydrogen-bond acceptors (Lipinski definition) is 4. The molecule has 3 rings (SSSR count). The summed E-state index contributed by atoms with van der Waals surface area (Å²) >= 11 is 0. The van der Waals surface area contributed by atoms with Gasteiger partial charge in [-0.3, -0.25) is 0 Å². The molecule has 1 aliphatic heterocycles. The van der Waals surface area contributed by atoms with Gasteiger partial charge in [0.15, 0.2) is 5.82 Å². The average molecular weight is 263 g/mol. The van der Waals surface area contributed by atoms with Crippen LogP contribution in [0.5, 0.6) is 0 Å². The van der Waals surface area contributed by atoms with Crippen LogP contribution in [0.2, 0.25) is 0 Å². The third-order valence-electron chi connectivity index (χ3n) is 4.90. The van der Waals surface area contributed by atoms with Crippen molar-refractivity contribution in [3.05, 3.63) is 11.7 Å². The van der Waals surface area contributed by atoms with Crippen molar-refractivity contribution in [2.45, 2.75) is 64.3 Å². The van der Waals surface area contributed by atoms with Crippen LogP contribution in [0, 0.1) is 11.8 Å². The van der Waals surface area contributed by atoms with Crippen molar-refractivity contribution in [2.24, 2.45) is 11.8 Å². The van der Waals surface area contributed by atoms with Crippen LogP contribution in [0.15, 0.2) is 4.52 Å². The van der Waals surface area contributed by atoms with E-state index in [-0.39, 0.29) is 0 Å². The summed E-state index contributed by atoms with van der Waals surface area (Å²) in [4.78, 5) is 4.65. The van der Waals surface area contributed by atoms with E-state index >= 15 is 0 Å². The molecule has 2 fully saturated rings. The standard InChI is InChI=1S/C15H25N3O/c1-10(2)11-5-7-12(8-6-11)14-17-15(19-18-14)13-4-3-9-16-13/h10-13,16H,3-9H2,1-2H3. The van der Waals surface area contributed by atoms with Gasteiger partial charge in [-0.15, -0.1) is 0 Å². The minimum Gasteiger partial charge on any atom is -0.338 e. The molecule has 1 aromatic rings. The van der Waals surface area contributed by atoms with Gasteiger partial charge in [-0.2, -0.15) is 4.98 Å². The SMILES string of the molecule is CC(C)C1CCC(c2noc(C3CCCN3)n2)CC1. The second kappa shape index (κ2) is 5.61. The van der Waals surface area contributed by atoms with Crippen molar-refractivity contribution in [3.63, 3.8) is 0 Å². The first-order valence-electron chi connectivity index (χ1n) is 7.81. The predicted molar refractivity (Wildman–Crippen MR) is 73.8 cm³/mol. The van der Waals surface area contributed by atoms with Gasteiger partial charge in [0.1, 0.15) is 0 Å². The van der Waals surface area contributed by atoms with E-state index in [0.29, 0.717) is 12.0 Å². The third-order valence-corrected chi connectivity index (χ3v) is 4.90. The molecular formula is C15H25N3O. The maximum atomic E-state index is 5.45. The van der Waals surface area contributed by atoms with Crippen molar-refractivity contribution in [3.8, 4) is 0 Å². The van der Waals surface area contributed by atoms with E-state index in [1.807, 2.05) is 0 Å². The van der Waals surface area contributed by atoms with Gasteiger partial charge in [0.25, 0.3) is 0 Å². The highest BCUT2D eigenvalue weighted by Gasteiger charge is 2.29. The molecule has 0 spiro atoms. The molecule has 0 amide bonds. The Kier molecular flexibility index (Phi) is 3.87. The zero-order valence-electron chi connectivity index (χ0n) is 12.1. The van der Waals surface area contributed by atoms with E-state index in [4.69, 9.17) is 4.52 Å². The first-order valence-corrected chi connectivity index (χ1v) is 7.81. The summed E-state index contributed by atoms with van der Waals surface area (Å²) in [5.74, 6) is 3.97. The van der Waals surface area contributed by atoms with E-state index in [2.05, 4.69) is 29.3 Å². The number of nitrogens with zero attached hydrogens (tertiary/aromatic N) is 2. The van der Waals surface area contributed by atoms with Crippen LogP contribution in [0.4, 0.5) is 0 Å². The van der Waals surface area contributed by atoms with Crippen LogP contribution in [0.3, 0.4) is 0 Å². The maximum absolute atomic E-state index is 5.45. The molecule has 0 aromatic carbocycles. The lowest BCUT2D eigenvalue weighted by molar-refractivity contribution is 0.251. The molecule has 4 heteroatoms. The van der Waals surface area contributed by atoms with Crippen molar-refractivity contribution in [2.75, 3.05) is 6.54 Å². The van der Waals surface area contributed by atoms with Gasteiger partial charge in [0.2, 0.25) is 5.89 Å². The first-order chi connectivity index (χ1) is 9.24. The maximum Gasteiger partial charge on any atom is 0.243 e. The lowest BCUT2D eigenvalue weighted by atomic mass is 9.77. The van der Waals surface area contributed by atoms with Crippen molar-refractivity contribution >= 4 is 0 Å². The summed E-state index contributed by atoms with van der Waals surface area (Å²) in [5, 5.41) is 7.64.